The maximum atomic E-state index is 5.91. The van der Waals surface area contributed by atoms with E-state index >= 15 is 0 Å². The third kappa shape index (κ3) is 3.79. The SMILES string of the molecule is CCCCCCN(N)c1ccccc1. The molecule has 14 heavy (non-hydrogen) atoms. The van der Waals surface area contributed by atoms with Crippen LogP contribution in [-0.2, 0) is 0 Å². The van der Waals surface area contributed by atoms with Gasteiger partial charge in [-0.2, -0.15) is 0 Å². The van der Waals surface area contributed by atoms with Gasteiger partial charge in [-0.1, -0.05) is 44.4 Å². The summed E-state index contributed by atoms with van der Waals surface area (Å²) in [6.45, 7) is 3.17. The van der Waals surface area contributed by atoms with Crippen molar-refractivity contribution in [3.63, 3.8) is 0 Å². The summed E-state index contributed by atoms with van der Waals surface area (Å²) in [6, 6.07) is 10.1. The molecule has 2 N–H and O–H groups in total. The van der Waals surface area contributed by atoms with Crippen LogP contribution in [-0.4, -0.2) is 6.54 Å². The Morgan fingerprint density at radius 3 is 2.43 bits per heavy atom. The van der Waals surface area contributed by atoms with Gasteiger partial charge in [0.15, 0.2) is 0 Å². The van der Waals surface area contributed by atoms with Gasteiger partial charge >= 0.3 is 0 Å². The quantitative estimate of drug-likeness (QED) is 0.426. The molecule has 0 aromatic heterocycles. The van der Waals surface area contributed by atoms with Gasteiger partial charge in [-0.05, 0) is 18.6 Å². The Bertz CT molecular complexity index is 233. The van der Waals surface area contributed by atoms with E-state index in [1.54, 1.807) is 0 Å². The molecule has 1 aromatic carbocycles. The van der Waals surface area contributed by atoms with E-state index in [9.17, 15) is 0 Å². The number of hydrazine groups is 1. The van der Waals surface area contributed by atoms with Gasteiger partial charge in [0, 0.05) is 6.54 Å². The van der Waals surface area contributed by atoms with Gasteiger partial charge in [0.25, 0.3) is 0 Å². The molecule has 1 rings (SSSR count). The average Bonchev–Trinajstić information content (AvgIpc) is 2.25. The lowest BCUT2D eigenvalue weighted by Crippen LogP contribution is -2.31. The molecule has 1 aromatic rings. The number of para-hydroxylation sites is 1. The molecule has 2 nitrogen and oxygen atoms in total. The summed E-state index contributed by atoms with van der Waals surface area (Å²) < 4.78 is 0. The van der Waals surface area contributed by atoms with E-state index < -0.39 is 0 Å². The number of nitrogens with zero attached hydrogens (tertiary/aromatic N) is 1. The molecule has 0 unspecified atom stereocenters. The molecule has 0 saturated carbocycles. The Morgan fingerprint density at radius 1 is 1.07 bits per heavy atom. The molecule has 0 radical (unpaired) electrons. The molecule has 0 fully saturated rings. The lowest BCUT2D eigenvalue weighted by atomic mass is 10.2. The van der Waals surface area contributed by atoms with Gasteiger partial charge in [0.2, 0.25) is 0 Å². The van der Waals surface area contributed by atoms with Crippen LogP contribution in [0, 0.1) is 0 Å². The van der Waals surface area contributed by atoms with Crippen molar-refractivity contribution >= 4 is 5.69 Å². The Morgan fingerprint density at radius 2 is 1.79 bits per heavy atom. The molecule has 2 heteroatoms. The third-order valence-electron chi connectivity index (χ3n) is 2.34. The monoisotopic (exact) mass is 192 g/mol. The maximum Gasteiger partial charge on any atom is 0.0517 e. The summed E-state index contributed by atoms with van der Waals surface area (Å²) >= 11 is 0. The molecule has 0 spiro atoms. The van der Waals surface area contributed by atoms with Crippen LogP contribution in [0.3, 0.4) is 0 Å². The van der Waals surface area contributed by atoms with Crippen LogP contribution in [0.4, 0.5) is 5.69 Å². The molecule has 0 heterocycles. The van der Waals surface area contributed by atoms with E-state index in [0.29, 0.717) is 0 Å². The van der Waals surface area contributed by atoms with E-state index in [4.69, 9.17) is 5.84 Å². The van der Waals surface area contributed by atoms with Crippen LogP contribution in [0.5, 0.6) is 0 Å². The molecule has 0 aliphatic rings. The minimum Gasteiger partial charge on any atom is -0.311 e. The molecule has 0 aliphatic heterocycles. The summed E-state index contributed by atoms with van der Waals surface area (Å²) in [5.41, 5.74) is 1.10. The van der Waals surface area contributed by atoms with Gasteiger partial charge in [-0.15, -0.1) is 0 Å². The van der Waals surface area contributed by atoms with Crippen LogP contribution in [0.1, 0.15) is 32.6 Å². The summed E-state index contributed by atoms with van der Waals surface area (Å²) in [4.78, 5) is 0. The van der Waals surface area contributed by atoms with Crippen molar-refractivity contribution in [2.24, 2.45) is 5.84 Å². The first-order valence-electron chi connectivity index (χ1n) is 5.42. The third-order valence-corrected chi connectivity index (χ3v) is 2.34. The van der Waals surface area contributed by atoms with Crippen molar-refractivity contribution < 1.29 is 0 Å². The van der Waals surface area contributed by atoms with Crippen LogP contribution in [0.25, 0.3) is 0 Å². The number of anilines is 1. The fourth-order valence-electron chi connectivity index (χ4n) is 1.46. The minimum atomic E-state index is 0.948. The fourth-order valence-corrected chi connectivity index (χ4v) is 1.46. The van der Waals surface area contributed by atoms with E-state index in [0.717, 1.165) is 12.2 Å². The highest BCUT2D eigenvalue weighted by Crippen LogP contribution is 2.10. The molecule has 0 amide bonds. The van der Waals surface area contributed by atoms with E-state index in [1.165, 1.54) is 25.7 Å². The normalized spacial score (nSPS) is 10.1. The first kappa shape index (κ1) is 11.1. The van der Waals surface area contributed by atoms with Crippen molar-refractivity contribution in [1.82, 2.24) is 0 Å². The van der Waals surface area contributed by atoms with Crippen molar-refractivity contribution in [2.75, 3.05) is 11.6 Å². The summed E-state index contributed by atoms with van der Waals surface area (Å²) in [5.74, 6) is 5.91. The Kier molecular flexibility index (Phi) is 5.08. The fraction of sp³-hybridized carbons (Fsp3) is 0.500. The van der Waals surface area contributed by atoms with Gasteiger partial charge in [-0.25, -0.2) is 5.84 Å². The van der Waals surface area contributed by atoms with Crippen LogP contribution in [0.2, 0.25) is 0 Å². The first-order valence-corrected chi connectivity index (χ1v) is 5.42. The van der Waals surface area contributed by atoms with Crippen molar-refractivity contribution in [3.05, 3.63) is 30.3 Å². The maximum absolute atomic E-state index is 5.91. The molecule has 0 aliphatic carbocycles. The van der Waals surface area contributed by atoms with Crippen LogP contribution < -0.4 is 10.9 Å². The second-order valence-corrected chi connectivity index (χ2v) is 3.59. The number of hydrogen-bond acceptors (Lipinski definition) is 2. The molecule has 78 valence electrons. The van der Waals surface area contributed by atoms with Gasteiger partial charge in [0.05, 0.1) is 5.69 Å². The Labute approximate surface area is 86.7 Å². The zero-order valence-electron chi connectivity index (χ0n) is 8.95. The number of benzene rings is 1. The molecular formula is C12H20N2. The van der Waals surface area contributed by atoms with E-state index in [-0.39, 0.29) is 0 Å². The second kappa shape index (κ2) is 6.44. The van der Waals surface area contributed by atoms with Crippen molar-refractivity contribution in [1.29, 1.82) is 0 Å². The van der Waals surface area contributed by atoms with Gasteiger partial charge in [-0.3, -0.25) is 0 Å². The zero-order chi connectivity index (χ0) is 10.2. The number of hydrogen-bond donors (Lipinski definition) is 1. The summed E-state index contributed by atoms with van der Waals surface area (Å²) in [5, 5.41) is 1.83. The smallest absolute Gasteiger partial charge is 0.0517 e. The standard InChI is InChI=1S/C12H20N2/c1-2-3-4-8-11-14(13)12-9-6-5-7-10-12/h5-7,9-10H,2-4,8,11,13H2,1H3. The predicted octanol–water partition coefficient (Wildman–Crippen LogP) is 2.95. The lowest BCUT2D eigenvalue weighted by Gasteiger charge is -2.18. The largest absolute Gasteiger partial charge is 0.311 e. The van der Waals surface area contributed by atoms with Gasteiger partial charge < -0.3 is 5.01 Å². The van der Waals surface area contributed by atoms with Crippen molar-refractivity contribution in [2.45, 2.75) is 32.6 Å². The number of nitrogens with two attached hydrogens (primary N) is 1. The van der Waals surface area contributed by atoms with Gasteiger partial charge in [0.1, 0.15) is 0 Å². The Hall–Kier alpha value is -1.02. The molecule has 0 saturated heterocycles. The topological polar surface area (TPSA) is 29.3 Å². The van der Waals surface area contributed by atoms with E-state index in [2.05, 4.69) is 6.92 Å². The lowest BCUT2D eigenvalue weighted by molar-refractivity contribution is 0.650. The second-order valence-electron chi connectivity index (χ2n) is 3.59. The van der Waals surface area contributed by atoms with E-state index in [1.807, 2.05) is 35.3 Å². The number of unbranched alkanes of at least 4 members (excludes halogenated alkanes) is 3. The highest BCUT2D eigenvalue weighted by atomic mass is 15.4. The summed E-state index contributed by atoms with van der Waals surface area (Å²) in [6.07, 6.45) is 5.04. The average molecular weight is 192 g/mol. The van der Waals surface area contributed by atoms with Crippen LogP contribution in [0.15, 0.2) is 30.3 Å². The highest BCUT2D eigenvalue weighted by molar-refractivity contribution is 5.43. The predicted molar refractivity (Wildman–Crippen MR) is 62.1 cm³/mol. The highest BCUT2D eigenvalue weighted by Gasteiger charge is 1.98. The van der Waals surface area contributed by atoms with Crippen LogP contribution >= 0.6 is 0 Å². The molecule has 0 atom stereocenters. The molecular weight excluding hydrogens is 172 g/mol. The molecule has 0 bridgehead atoms. The summed E-state index contributed by atoms with van der Waals surface area (Å²) in [7, 11) is 0. The Balaban J connectivity index is 2.25. The minimum absolute atomic E-state index is 0.948. The zero-order valence-corrected chi connectivity index (χ0v) is 8.95. The first-order chi connectivity index (χ1) is 6.84. The number of rotatable bonds is 6. The van der Waals surface area contributed by atoms with Crippen molar-refractivity contribution in [3.8, 4) is 0 Å².